The van der Waals surface area contributed by atoms with Crippen LogP contribution in [0.5, 0.6) is 0 Å². The second-order valence-corrected chi connectivity index (χ2v) is 10.1. The molecule has 0 saturated heterocycles. The highest BCUT2D eigenvalue weighted by atomic mass is 31.2. The summed E-state index contributed by atoms with van der Waals surface area (Å²) in [6.07, 6.45) is 11.2. The molecule has 150 valence electrons. The van der Waals surface area contributed by atoms with Crippen molar-refractivity contribution in [1.29, 1.82) is 0 Å². The van der Waals surface area contributed by atoms with E-state index in [0.29, 0.717) is 5.30 Å². The molecule has 0 atom stereocenters. The molecule has 0 aliphatic heterocycles. The Bertz CT molecular complexity index is 507. The molecule has 1 aromatic rings. The average Bonchev–Trinajstić information content (AvgIpc) is 2.53. The molecule has 3 nitrogen and oxygen atoms in total. The van der Waals surface area contributed by atoms with Crippen LogP contribution < -0.4 is 5.30 Å². The van der Waals surface area contributed by atoms with Crippen molar-refractivity contribution in [2.45, 2.75) is 91.9 Å². The van der Waals surface area contributed by atoms with Gasteiger partial charge in [-0.25, -0.2) is 0 Å². The molecule has 0 aliphatic carbocycles. The standard InChI is InChI=1S/C22H40O3P/c1-18(2)12-7-5-9-14-20-15-11-17-22(26(23,24)25)21(20)16-10-6-8-13-19(3)4/h11,15,17-19,23-25H,5-10,12-14,16H2,1-4H3/q+1. The minimum absolute atomic E-state index is 0.362. The van der Waals surface area contributed by atoms with E-state index in [0.717, 1.165) is 49.5 Å². The quantitative estimate of drug-likeness (QED) is 0.308. The predicted molar refractivity (Wildman–Crippen MR) is 114 cm³/mol. The van der Waals surface area contributed by atoms with Crippen molar-refractivity contribution in [1.82, 2.24) is 0 Å². The van der Waals surface area contributed by atoms with Gasteiger partial charge in [-0.05, 0) is 49.1 Å². The van der Waals surface area contributed by atoms with E-state index in [4.69, 9.17) is 0 Å². The minimum Gasteiger partial charge on any atom is -0.189 e. The van der Waals surface area contributed by atoms with Gasteiger partial charge in [0.15, 0.2) is 5.30 Å². The summed E-state index contributed by atoms with van der Waals surface area (Å²) in [5.74, 6) is 1.48. The van der Waals surface area contributed by atoms with E-state index < -0.39 is 7.94 Å². The van der Waals surface area contributed by atoms with Crippen molar-refractivity contribution in [3.63, 3.8) is 0 Å². The highest BCUT2D eigenvalue weighted by Crippen LogP contribution is 2.44. The predicted octanol–water partition coefficient (Wildman–Crippen LogP) is 5.57. The van der Waals surface area contributed by atoms with Crippen molar-refractivity contribution >= 4 is 13.2 Å². The summed E-state index contributed by atoms with van der Waals surface area (Å²) < 4.78 is 0. The fraction of sp³-hybridized carbons (Fsp3) is 0.727. The van der Waals surface area contributed by atoms with Crippen LogP contribution in [0, 0.1) is 11.8 Å². The Kier molecular flexibility index (Phi) is 11.0. The molecule has 0 aromatic heterocycles. The Morgan fingerprint density at radius 2 is 1.27 bits per heavy atom. The third-order valence-corrected chi connectivity index (χ3v) is 6.07. The van der Waals surface area contributed by atoms with Gasteiger partial charge >= 0.3 is 7.94 Å². The maximum Gasteiger partial charge on any atom is 0.441 e. The molecule has 26 heavy (non-hydrogen) atoms. The highest BCUT2D eigenvalue weighted by molar-refractivity contribution is 7.66. The third-order valence-electron chi connectivity index (χ3n) is 5.01. The lowest BCUT2D eigenvalue weighted by Gasteiger charge is -2.15. The summed E-state index contributed by atoms with van der Waals surface area (Å²) in [4.78, 5) is 29.6. The van der Waals surface area contributed by atoms with E-state index >= 15 is 0 Å². The van der Waals surface area contributed by atoms with Crippen molar-refractivity contribution in [3.8, 4) is 0 Å². The van der Waals surface area contributed by atoms with Crippen molar-refractivity contribution in [2.24, 2.45) is 11.8 Å². The molecule has 0 amide bonds. The molecule has 0 saturated carbocycles. The van der Waals surface area contributed by atoms with E-state index in [1.54, 1.807) is 6.07 Å². The number of hydrogen-bond donors (Lipinski definition) is 3. The molecule has 0 radical (unpaired) electrons. The van der Waals surface area contributed by atoms with Crippen LogP contribution >= 0.6 is 7.94 Å². The molecule has 3 N–H and O–H groups in total. The lowest BCUT2D eigenvalue weighted by molar-refractivity contribution is 0.346. The number of benzene rings is 1. The fourth-order valence-corrected chi connectivity index (χ4v) is 4.40. The number of hydrogen-bond acceptors (Lipinski definition) is 3. The Morgan fingerprint density at radius 1 is 0.731 bits per heavy atom. The van der Waals surface area contributed by atoms with Crippen LogP contribution in [0.25, 0.3) is 0 Å². The summed E-state index contributed by atoms with van der Waals surface area (Å²) in [5, 5.41) is 0.362. The Morgan fingerprint density at radius 3 is 1.77 bits per heavy atom. The van der Waals surface area contributed by atoms with E-state index in [2.05, 4.69) is 33.8 Å². The molecule has 0 aliphatic rings. The number of unbranched alkanes of at least 4 members (excludes halogenated alkanes) is 4. The molecule has 0 heterocycles. The van der Waals surface area contributed by atoms with Crippen LogP contribution in [-0.4, -0.2) is 14.7 Å². The van der Waals surface area contributed by atoms with Crippen LogP contribution in [0.4, 0.5) is 0 Å². The van der Waals surface area contributed by atoms with E-state index in [1.807, 2.05) is 6.07 Å². The van der Waals surface area contributed by atoms with Gasteiger partial charge < -0.3 is 0 Å². The lowest BCUT2D eigenvalue weighted by atomic mass is 9.95. The summed E-state index contributed by atoms with van der Waals surface area (Å²) >= 11 is 0. The molecule has 0 fully saturated rings. The smallest absolute Gasteiger partial charge is 0.189 e. The largest absolute Gasteiger partial charge is 0.441 e. The Labute approximate surface area is 161 Å². The zero-order valence-corrected chi connectivity index (χ0v) is 18.1. The zero-order chi connectivity index (χ0) is 19.6. The molecular weight excluding hydrogens is 343 g/mol. The lowest BCUT2D eigenvalue weighted by Crippen LogP contribution is -2.18. The summed E-state index contributed by atoms with van der Waals surface area (Å²) in [6, 6.07) is 5.61. The van der Waals surface area contributed by atoms with Crippen molar-refractivity contribution in [3.05, 3.63) is 29.3 Å². The highest BCUT2D eigenvalue weighted by Gasteiger charge is 2.37. The molecule has 0 bridgehead atoms. The molecular formula is C22H40O3P+. The first kappa shape index (κ1) is 23.6. The van der Waals surface area contributed by atoms with E-state index in [9.17, 15) is 14.7 Å². The van der Waals surface area contributed by atoms with Crippen LogP contribution in [0.3, 0.4) is 0 Å². The topological polar surface area (TPSA) is 60.7 Å². The van der Waals surface area contributed by atoms with Gasteiger partial charge in [-0.1, -0.05) is 78.4 Å². The van der Waals surface area contributed by atoms with E-state index in [1.165, 1.54) is 37.7 Å². The van der Waals surface area contributed by atoms with Crippen molar-refractivity contribution in [2.75, 3.05) is 0 Å². The van der Waals surface area contributed by atoms with Gasteiger partial charge in [-0.3, -0.25) is 0 Å². The van der Waals surface area contributed by atoms with Gasteiger partial charge in [-0.15, -0.1) is 0 Å². The van der Waals surface area contributed by atoms with Gasteiger partial charge in [0.25, 0.3) is 0 Å². The second kappa shape index (κ2) is 12.1. The van der Waals surface area contributed by atoms with E-state index in [-0.39, 0.29) is 0 Å². The van der Waals surface area contributed by atoms with Gasteiger partial charge in [0.05, 0.1) is 0 Å². The molecule has 1 aromatic carbocycles. The number of rotatable bonds is 13. The monoisotopic (exact) mass is 383 g/mol. The summed E-state index contributed by atoms with van der Waals surface area (Å²) in [5.41, 5.74) is 2.15. The van der Waals surface area contributed by atoms with Crippen molar-refractivity contribution < 1.29 is 14.7 Å². The maximum atomic E-state index is 9.86. The van der Waals surface area contributed by atoms with Gasteiger partial charge in [0, 0.05) is 5.56 Å². The first-order valence-electron chi connectivity index (χ1n) is 10.4. The molecule has 4 heteroatoms. The van der Waals surface area contributed by atoms with Crippen LogP contribution in [-0.2, 0) is 12.8 Å². The zero-order valence-electron chi connectivity index (χ0n) is 17.2. The molecule has 0 unspecified atom stereocenters. The SMILES string of the molecule is CC(C)CCCCCc1cccc([P+](O)(O)O)c1CCCCCC(C)C. The van der Waals surface area contributed by atoms with Gasteiger partial charge in [0.2, 0.25) is 0 Å². The molecule has 1 rings (SSSR count). The Balaban J connectivity index is 2.69. The first-order valence-corrected chi connectivity index (χ1v) is 12.0. The normalized spacial score (nSPS) is 12.3. The van der Waals surface area contributed by atoms with Crippen LogP contribution in [0.2, 0.25) is 0 Å². The van der Waals surface area contributed by atoms with Gasteiger partial charge in [0.1, 0.15) is 0 Å². The van der Waals surface area contributed by atoms with Gasteiger partial charge in [-0.2, -0.15) is 14.7 Å². The maximum absolute atomic E-state index is 9.86. The second-order valence-electron chi connectivity index (χ2n) is 8.47. The number of aryl methyl sites for hydroxylation is 1. The third kappa shape index (κ3) is 9.46. The molecule has 0 spiro atoms. The first-order chi connectivity index (χ1) is 12.2. The summed E-state index contributed by atoms with van der Waals surface area (Å²) in [7, 11) is -3.96. The van der Waals surface area contributed by atoms with Crippen LogP contribution in [0.1, 0.15) is 90.2 Å². The minimum atomic E-state index is -3.96. The summed E-state index contributed by atoms with van der Waals surface area (Å²) in [6.45, 7) is 9.01. The fourth-order valence-electron chi connectivity index (χ4n) is 3.50. The van der Waals surface area contributed by atoms with Crippen LogP contribution in [0.15, 0.2) is 18.2 Å². The Hall–Kier alpha value is -0.470. The average molecular weight is 384 g/mol.